The number of β-amino-alcohol motifs (C(OH)–C–C–N with tert-alkyl or cyclic N) is 1. The van der Waals surface area contributed by atoms with Gasteiger partial charge < -0.3 is 19.9 Å². The predicted octanol–water partition coefficient (Wildman–Crippen LogP) is 5.05. The van der Waals surface area contributed by atoms with Crippen molar-refractivity contribution in [3.63, 3.8) is 0 Å². The number of anilines is 1. The van der Waals surface area contributed by atoms with Crippen molar-refractivity contribution >= 4 is 17.4 Å². The van der Waals surface area contributed by atoms with Crippen molar-refractivity contribution in [2.45, 2.75) is 38.1 Å². The lowest BCUT2D eigenvalue weighted by Crippen LogP contribution is -2.44. The van der Waals surface area contributed by atoms with Crippen LogP contribution in [0.4, 0.5) is 27.8 Å². The summed E-state index contributed by atoms with van der Waals surface area (Å²) in [5.41, 5.74) is 2.78. The topological polar surface area (TPSA) is 113 Å². The van der Waals surface area contributed by atoms with Crippen molar-refractivity contribution in [1.82, 2.24) is 34.0 Å². The summed E-state index contributed by atoms with van der Waals surface area (Å²) >= 11 is 0. The molecular formula is C30H27F5N8O2. The second-order valence-electron chi connectivity index (χ2n) is 10.8. The molecule has 4 aromatic heterocycles. The Balaban J connectivity index is 1.33. The molecule has 15 heteroatoms. The van der Waals surface area contributed by atoms with E-state index in [4.69, 9.17) is 10.1 Å². The fraction of sp³-hybridized carbons (Fsp3) is 0.300. The van der Waals surface area contributed by atoms with Crippen LogP contribution in [-0.4, -0.2) is 77.0 Å². The number of nitrogens with one attached hydrogen (secondary N) is 1. The van der Waals surface area contributed by atoms with Crippen LogP contribution in [0.15, 0.2) is 60.9 Å². The molecule has 0 saturated carbocycles. The third kappa shape index (κ3) is 6.40. The zero-order valence-corrected chi connectivity index (χ0v) is 23.8. The number of fused-ring (bicyclic) bond motifs is 1. The molecule has 1 aliphatic heterocycles. The number of hydrogen-bond acceptors (Lipinski definition) is 7. The predicted molar refractivity (Wildman–Crippen MR) is 153 cm³/mol. The number of rotatable bonds is 7. The molecule has 6 rings (SSSR count). The summed E-state index contributed by atoms with van der Waals surface area (Å²) in [5.74, 6) is -0.965. The maximum atomic E-state index is 13.8. The van der Waals surface area contributed by atoms with Gasteiger partial charge in [0.05, 0.1) is 17.6 Å². The Hall–Kier alpha value is -4.76. The van der Waals surface area contributed by atoms with Gasteiger partial charge in [-0.15, -0.1) is 0 Å². The van der Waals surface area contributed by atoms with E-state index < -0.39 is 36.5 Å². The highest BCUT2D eigenvalue weighted by Crippen LogP contribution is 2.37. The van der Waals surface area contributed by atoms with Gasteiger partial charge in [0.15, 0.2) is 17.6 Å². The fourth-order valence-corrected chi connectivity index (χ4v) is 5.55. The number of alkyl halides is 3. The molecule has 0 spiro atoms. The zero-order valence-electron chi connectivity index (χ0n) is 23.8. The van der Waals surface area contributed by atoms with E-state index in [0.29, 0.717) is 60.0 Å². The molecule has 1 fully saturated rings. The highest BCUT2D eigenvalue weighted by atomic mass is 19.4. The van der Waals surface area contributed by atoms with Gasteiger partial charge in [0.1, 0.15) is 17.3 Å². The Morgan fingerprint density at radius 3 is 2.49 bits per heavy atom. The molecule has 1 atom stereocenters. The zero-order chi connectivity index (χ0) is 31.9. The van der Waals surface area contributed by atoms with Crippen molar-refractivity contribution in [3.05, 3.63) is 84.1 Å². The van der Waals surface area contributed by atoms with Crippen LogP contribution in [-0.2, 0) is 0 Å². The van der Waals surface area contributed by atoms with Gasteiger partial charge in [0.25, 0.3) is 5.91 Å². The quantitative estimate of drug-likeness (QED) is 0.192. The van der Waals surface area contributed by atoms with Gasteiger partial charge in [-0.25, -0.2) is 23.9 Å². The van der Waals surface area contributed by atoms with Gasteiger partial charge in [0.2, 0.25) is 5.95 Å². The number of piperidine rings is 1. The minimum absolute atomic E-state index is 0.0653. The van der Waals surface area contributed by atoms with E-state index in [-0.39, 0.29) is 17.4 Å². The summed E-state index contributed by atoms with van der Waals surface area (Å²) in [6.07, 6.45) is -3.43. The number of carbonyl (C=O) groups excluding carboxylic acids is 1. The normalized spacial score (nSPS) is 15.4. The summed E-state index contributed by atoms with van der Waals surface area (Å²) in [6, 6.07) is 11.5. The molecule has 0 aliphatic carbocycles. The summed E-state index contributed by atoms with van der Waals surface area (Å²) in [4.78, 5) is 26.9. The van der Waals surface area contributed by atoms with Crippen LogP contribution < -0.4 is 5.32 Å². The van der Waals surface area contributed by atoms with Gasteiger partial charge in [0, 0.05) is 49.1 Å². The lowest BCUT2D eigenvalue weighted by molar-refractivity contribution is -0.208. The lowest BCUT2D eigenvalue weighted by Gasteiger charge is -2.35. The number of aryl methyl sites for hydroxylation is 1. The number of pyridine rings is 1. The monoisotopic (exact) mass is 626 g/mol. The molecule has 0 radical (unpaired) electrons. The highest BCUT2D eigenvalue weighted by molar-refractivity contribution is 6.03. The molecule has 10 nitrogen and oxygen atoms in total. The van der Waals surface area contributed by atoms with Crippen molar-refractivity contribution in [1.29, 1.82) is 0 Å². The third-order valence-electron chi connectivity index (χ3n) is 7.73. The van der Waals surface area contributed by atoms with E-state index >= 15 is 0 Å². The maximum absolute atomic E-state index is 13.8. The van der Waals surface area contributed by atoms with Crippen molar-refractivity contribution in [3.8, 4) is 22.6 Å². The number of aromatic nitrogens is 6. The Kier molecular flexibility index (Phi) is 8.05. The standard InChI is InChI=1S/C30H27F5N8O2/c1-17-37-27(18-2-4-20(31)5-3-18)28(43(17)21-9-12-41(13-10-21)15-23(44)30(33,34)35)22-6-7-26-38-25(16-42(26)40-22)39-29(45)19-8-11-36-24(32)14-19/h2-8,11,14,16,21,23,44H,9-10,12-13,15H2,1H3,(H,39,45)/t23-/m0/s1. The molecule has 45 heavy (non-hydrogen) atoms. The summed E-state index contributed by atoms with van der Waals surface area (Å²) in [5, 5.41) is 16.9. The van der Waals surface area contributed by atoms with E-state index in [2.05, 4.69) is 15.3 Å². The smallest absolute Gasteiger partial charge is 0.382 e. The number of halogens is 5. The average Bonchev–Trinajstić information content (AvgIpc) is 3.57. The van der Waals surface area contributed by atoms with Crippen LogP contribution in [0.25, 0.3) is 28.3 Å². The largest absolute Gasteiger partial charge is 0.415 e. The number of amides is 1. The van der Waals surface area contributed by atoms with E-state index in [1.807, 2.05) is 11.5 Å². The summed E-state index contributed by atoms with van der Waals surface area (Å²) in [6.45, 7) is 1.99. The Morgan fingerprint density at radius 2 is 1.80 bits per heavy atom. The van der Waals surface area contributed by atoms with Crippen LogP contribution in [0.5, 0.6) is 0 Å². The molecule has 0 unspecified atom stereocenters. The molecule has 1 saturated heterocycles. The first kappa shape index (κ1) is 30.3. The van der Waals surface area contributed by atoms with Gasteiger partial charge >= 0.3 is 6.18 Å². The van der Waals surface area contributed by atoms with Crippen LogP contribution in [0.2, 0.25) is 0 Å². The first-order valence-corrected chi connectivity index (χ1v) is 14.1. The van der Waals surface area contributed by atoms with Crippen molar-refractivity contribution < 1.29 is 31.9 Å². The van der Waals surface area contributed by atoms with E-state index in [1.165, 1.54) is 35.1 Å². The lowest BCUT2D eigenvalue weighted by atomic mass is 10.0. The maximum Gasteiger partial charge on any atom is 0.415 e. The fourth-order valence-electron chi connectivity index (χ4n) is 5.55. The minimum atomic E-state index is -4.69. The summed E-state index contributed by atoms with van der Waals surface area (Å²) in [7, 11) is 0. The van der Waals surface area contributed by atoms with E-state index in [9.17, 15) is 31.9 Å². The molecule has 1 amide bonds. The van der Waals surface area contributed by atoms with E-state index in [1.54, 1.807) is 29.2 Å². The molecule has 2 N–H and O–H groups in total. The molecule has 234 valence electrons. The number of hydrogen-bond donors (Lipinski definition) is 2. The van der Waals surface area contributed by atoms with Gasteiger partial charge in [-0.1, -0.05) is 0 Å². The third-order valence-corrected chi connectivity index (χ3v) is 7.73. The number of likely N-dealkylation sites (tertiary alicyclic amines) is 1. The highest BCUT2D eigenvalue weighted by Gasteiger charge is 2.40. The number of carbonyl (C=O) groups is 1. The Morgan fingerprint density at radius 1 is 1.07 bits per heavy atom. The first-order chi connectivity index (χ1) is 21.5. The van der Waals surface area contributed by atoms with E-state index in [0.717, 1.165) is 6.07 Å². The second-order valence-corrected chi connectivity index (χ2v) is 10.8. The van der Waals surface area contributed by atoms with Gasteiger partial charge in [-0.05, 0) is 62.2 Å². The number of aliphatic hydroxyl groups is 1. The van der Waals surface area contributed by atoms with Crippen LogP contribution in [0.3, 0.4) is 0 Å². The number of imidazole rings is 2. The Labute approximate surface area is 253 Å². The first-order valence-electron chi connectivity index (χ1n) is 14.1. The number of nitrogens with zero attached hydrogens (tertiary/aromatic N) is 7. The van der Waals surface area contributed by atoms with Gasteiger partial charge in [-0.3, -0.25) is 4.79 Å². The van der Waals surface area contributed by atoms with Crippen LogP contribution in [0, 0.1) is 18.7 Å². The Bertz CT molecular complexity index is 1850. The summed E-state index contributed by atoms with van der Waals surface area (Å²) < 4.78 is 69.6. The molecule has 5 heterocycles. The average molecular weight is 627 g/mol. The molecule has 1 aromatic carbocycles. The van der Waals surface area contributed by atoms with Gasteiger partial charge in [-0.2, -0.15) is 22.7 Å². The molecular weight excluding hydrogens is 599 g/mol. The SMILES string of the molecule is Cc1nc(-c2ccc(F)cc2)c(-c2ccc3nc(NC(=O)c4ccnc(F)c4)cn3n2)n1C1CCN(C[C@H](O)C(F)(F)F)CC1. The van der Waals surface area contributed by atoms with Crippen LogP contribution >= 0.6 is 0 Å². The molecule has 5 aromatic rings. The number of benzene rings is 1. The molecule has 0 bridgehead atoms. The van der Waals surface area contributed by atoms with Crippen molar-refractivity contribution in [2.75, 3.05) is 25.0 Å². The second kappa shape index (κ2) is 12.0. The molecule has 1 aliphatic rings. The number of aliphatic hydroxyl groups excluding tert-OH is 1. The minimum Gasteiger partial charge on any atom is -0.382 e. The van der Waals surface area contributed by atoms with Crippen molar-refractivity contribution in [2.24, 2.45) is 0 Å². The van der Waals surface area contributed by atoms with Crippen LogP contribution in [0.1, 0.15) is 35.1 Å².